The predicted octanol–water partition coefficient (Wildman–Crippen LogP) is 4.73. The first-order chi connectivity index (χ1) is 9.52. The molecule has 1 aromatic heterocycles. The average Bonchev–Trinajstić information content (AvgIpc) is 2.71. The topological polar surface area (TPSA) is 25.2 Å². The first-order valence-corrected chi connectivity index (χ1v) is 7.86. The second-order valence-electron chi connectivity index (χ2n) is 4.92. The number of aryl methyl sites for hydroxylation is 2. The van der Waals surface area contributed by atoms with E-state index in [2.05, 4.69) is 40.9 Å². The van der Waals surface area contributed by atoms with Crippen molar-refractivity contribution >= 4 is 22.6 Å². The van der Waals surface area contributed by atoms with E-state index in [0.717, 1.165) is 39.2 Å². The van der Waals surface area contributed by atoms with Crippen LogP contribution in [-0.4, -0.2) is 6.54 Å². The molecule has 2 rings (SSSR count). The standard InChI is InChI=1S/C16H19FINO/c1-4-7-19-16(14-8-10(2)20-11(14)3)13-6-5-12(17)9-15(13)18/h5-6,8-9,16,19H,4,7H2,1-3H3. The molecule has 0 spiro atoms. The Morgan fingerprint density at radius 3 is 2.55 bits per heavy atom. The summed E-state index contributed by atoms with van der Waals surface area (Å²) in [6.07, 6.45) is 1.05. The lowest BCUT2D eigenvalue weighted by Gasteiger charge is -2.20. The van der Waals surface area contributed by atoms with Crippen molar-refractivity contribution in [1.29, 1.82) is 0 Å². The maximum absolute atomic E-state index is 13.3. The van der Waals surface area contributed by atoms with Gasteiger partial charge in [0.1, 0.15) is 17.3 Å². The highest BCUT2D eigenvalue weighted by molar-refractivity contribution is 14.1. The minimum Gasteiger partial charge on any atom is -0.466 e. The molecule has 0 aliphatic carbocycles. The van der Waals surface area contributed by atoms with Crippen molar-refractivity contribution in [3.05, 3.63) is 56.3 Å². The minimum atomic E-state index is -0.201. The molecule has 1 heterocycles. The third-order valence-electron chi connectivity index (χ3n) is 3.26. The van der Waals surface area contributed by atoms with Gasteiger partial charge in [-0.2, -0.15) is 0 Å². The molecule has 1 aromatic carbocycles. The summed E-state index contributed by atoms with van der Waals surface area (Å²) in [4.78, 5) is 0. The molecule has 1 N–H and O–H groups in total. The Morgan fingerprint density at radius 1 is 1.25 bits per heavy atom. The maximum atomic E-state index is 13.3. The van der Waals surface area contributed by atoms with Crippen molar-refractivity contribution in [2.75, 3.05) is 6.54 Å². The lowest BCUT2D eigenvalue weighted by molar-refractivity contribution is 0.493. The normalized spacial score (nSPS) is 12.7. The van der Waals surface area contributed by atoms with Gasteiger partial charge in [0.25, 0.3) is 0 Å². The quantitative estimate of drug-likeness (QED) is 0.751. The Hall–Kier alpha value is -0.880. The van der Waals surface area contributed by atoms with E-state index in [1.807, 2.05) is 19.9 Å². The zero-order valence-corrected chi connectivity index (χ0v) is 14.1. The van der Waals surface area contributed by atoms with Gasteiger partial charge in [0.15, 0.2) is 0 Å². The minimum absolute atomic E-state index is 0.0416. The van der Waals surface area contributed by atoms with Crippen LogP contribution in [0, 0.1) is 23.2 Å². The highest BCUT2D eigenvalue weighted by atomic mass is 127. The highest BCUT2D eigenvalue weighted by Crippen LogP contribution is 2.30. The summed E-state index contributed by atoms with van der Waals surface area (Å²) >= 11 is 2.19. The van der Waals surface area contributed by atoms with Crippen LogP contribution in [-0.2, 0) is 0 Å². The van der Waals surface area contributed by atoms with Crippen molar-refractivity contribution < 1.29 is 8.81 Å². The van der Waals surface area contributed by atoms with E-state index in [1.165, 1.54) is 6.07 Å². The lowest BCUT2D eigenvalue weighted by atomic mass is 9.98. The number of hydrogen-bond donors (Lipinski definition) is 1. The van der Waals surface area contributed by atoms with Crippen molar-refractivity contribution in [2.24, 2.45) is 0 Å². The van der Waals surface area contributed by atoms with Crippen LogP contribution >= 0.6 is 22.6 Å². The molecule has 0 amide bonds. The van der Waals surface area contributed by atoms with Gasteiger partial charge < -0.3 is 9.73 Å². The zero-order chi connectivity index (χ0) is 14.7. The van der Waals surface area contributed by atoms with Crippen LogP contribution in [0.2, 0.25) is 0 Å². The SMILES string of the molecule is CCCNC(c1ccc(F)cc1I)c1cc(C)oc1C. The van der Waals surface area contributed by atoms with Gasteiger partial charge in [0.2, 0.25) is 0 Å². The molecule has 0 fully saturated rings. The number of rotatable bonds is 5. The van der Waals surface area contributed by atoms with Crippen molar-refractivity contribution in [2.45, 2.75) is 33.2 Å². The van der Waals surface area contributed by atoms with E-state index in [-0.39, 0.29) is 11.9 Å². The second kappa shape index (κ2) is 6.72. The van der Waals surface area contributed by atoms with E-state index in [0.29, 0.717) is 0 Å². The Balaban J connectivity index is 2.44. The van der Waals surface area contributed by atoms with Crippen LogP contribution in [0.1, 0.15) is 42.0 Å². The molecule has 1 unspecified atom stereocenters. The fourth-order valence-electron chi connectivity index (χ4n) is 2.35. The van der Waals surface area contributed by atoms with Crippen LogP contribution in [0.5, 0.6) is 0 Å². The summed E-state index contributed by atoms with van der Waals surface area (Å²) in [5.74, 6) is 1.61. The van der Waals surface area contributed by atoms with Gasteiger partial charge in [-0.15, -0.1) is 0 Å². The van der Waals surface area contributed by atoms with Crippen LogP contribution in [0.3, 0.4) is 0 Å². The summed E-state index contributed by atoms with van der Waals surface area (Å²) in [6.45, 7) is 6.96. The van der Waals surface area contributed by atoms with Crippen LogP contribution in [0.15, 0.2) is 28.7 Å². The molecule has 0 radical (unpaired) electrons. The van der Waals surface area contributed by atoms with Gasteiger partial charge in [-0.3, -0.25) is 0 Å². The first-order valence-electron chi connectivity index (χ1n) is 6.78. The number of hydrogen-bond acceptors (Lipinski definition) is 2. The molecule has 1 atom stereocenters. The van der Waals surface area contributed by atoms with Gasteiger partial charge >= 0.3 is 0 Å². The molecule has 4 heteroatoms. The largest absolute Gasteiger partial charge is 0.466 e. The number of furan rings is 1. The Kier molecular flexibility index (Phi) is 5.21. The fraction of sp³-hybridized carbons (Fsp3) is 0.375. The van der Waals surface area contributed by atoms with Gasteiger partial charge in [0.05, 0.1) is 6.04 Å². The molecule has 2 aromatic rings. The smallest absolute Gasteiger partial charge is 0.124 e. The molecule has 0 aliphatic heterocycles. The van der Waals surface area contributed by atoms with Gasteiger partial charge in [-0.25, -0.2) is 4.39 Å². The maximum Gasteiger partial charge on any atom is 0.124 e. The van der Waals surface area contributed by atoms with E-state index in [9.17, 15) is 4.39 Å². The lowest BCUT2D eigenvalue weighted by Crippen LogP contribution is -2.24. The molecule has 0 saturated heterocycles. The first kappa shape index (κ1) is 15.5. The van der Waals surface area contributed by atoms with E-state index < -0.39 is 0 Å². The molecule has 0 aliphatic rings. The zero-order valence-electron chi connectivity index (χ0n) is 12.0. The summed E-state index contributed by atoms with van der Waals surface area (Å²) in [7, 11) is 0. The molecule has 2 nitrogen and oxygen atoms in total. The van der Waals surface area contributed by atoms with Crippen molar-refractivity contribution in [3.63, 3.8) is 0 Å². The van der Waals surface area contributed by atoms with Crippen molar-refractivity contribution in [3.8, 4) is 0 Å². The second-order valence-corrected chi connectivity index (χ2v) is 6.08. The van der Waals surface area contributed by atoms with Crippen molar-refractivity contribution in [1.82, 2.24) is 5.32 Å². The van der Waals surface area contributed by atoms with Gasteiger partial charge in [-0.1, -0.05) is 13.0 Å². The summed E-state index contributed by atoms with van der Waals surface area (Å²) in [6, 6.07) is 7.04. The molecule has 0 saturated carbocycles. The molecule has 0 bridgehead atoms. The molecule has 20 heavy (non-hydrogen) atoms. The van der Waals surface area contributed by atoms with Crippen LogP contribution < -0.4 is 5.32 Å². The van der Waals surface area contributed by atoms with Gasteiger partial charge in [-0.05, 0) is 73.2 Å². The van der Waals surface area contributed by atoms with E-state index in [4.69, 9.17) is 4.42 Å². The number of halogens is 2. The van der Waals surface area contributed by atoms with E-state index in [1.54, 1.807) is 6.07 Å². The monoisotopic (exact) mass is 387 g/mol. The third-order valence-corrected chi connectivity index (χ3v) is 4.20. The van der Waals surface area contributed by atoms with E-state index >= 15 is 0 Å². The average molecular weight is 387 g/mol. The highest BCUT2D eigenvalue weighted by Gasteiger charge is 2.20. The Morgan fingerprint density at radius 2 is 2.00 bits per heavy atom. The third kappa shape index (κ3) is 3.41. The predicted molar refractivity (Wildman–Crippen MR) is 87.4 cm³/mol. The molecule has 108 valence electrons. The Labute approximate surface area is 132 Å². The number of benzene rings is 1. The summed E-state index contributed by atoms with van der Waals surface area (Å²) in [5, 5.41) is 3.53. The molecular formula is C16H19FINO. The summed E-state index contributed by atoms with van der Waals surface area (Å²) in [5.41, 5.74) is 2.21. The van der Waals surface area contributed by atoms with Crippen LogP contribution in [0.25, 0.3) is 0 Å². The fourth-order valence-corrected chi connectivity index (χ4v) is 3.14. The summed E-state index contributed by atoms with van der Waals surface area (Å²) < 4.78 is 19.9. The number of nitrogens with one attached hydrogen (secondary N) is 1. The van der Waals surface area contributed by atoms with Crippen LogP contribution in [0.4, 0.5) is 4.39 Å². The van der Waals surface area contributed by atoms with Gasteiger partial charge in [0, 0.05) is 9.13 Å². The molecular weight excluding hydrogens is 368 g/mol. The Bertz CT molecular complexity index is 594.